The maximum absolute atomic E-state index is 13.0. The first-order chi connectivity index (χ1) is 19.9. The Labute approximate surface area is 241 Å². The van der Waals surface area contributed by atoms with Crippen molar-refractivity contribution in [1.29, 1.82) is 0 Å². The molecule has 1 fully saturated rings. The van der Waals surface area contributed by atoms with Gasteiger partial charge < -0.3 is 24.0 Å². The summed E-state index contributed by atoms with van der Waals surface area (Å²) >= 11 is 0. The molecule has 0 atom stereocenters. The van der Waals surface area contributed by atoms with Gasteiger partial charge in [0.15, 0.2) is 11.3 Å². The van der Waals surface area contributed by atoms with E-state index in [1.807, 2.05) is 29.9 Å². The smallest absolute Gasteiger partial charge is 0.357 e. The summed E-state index contributed by atoms with van der Waals surface area (Å²) in [6.45, 7) is 10.9. The van der Waals surface area contributed by atoms with Gasteiger partial charge in [-0.2, -0.15) is 5.10 Å². The first-order valence-electron chi connectivity index (χ1n) is 14.3. The van der Waals surface area contributed by atoms with Crippen molar-refractivity contribution in [2.45, 2.75) is 26.7 Å². The largest absolute Gasteiger partial charge is 0.461 e. The van der Waals surface area contributed by atoms with E-state index in [4.69, 9.17) is 24.3 Å². The fourth-order valence-corrected chi connectivity index (χ4v) is 5.16. The number of pyridine rings is 1. The van der Waals surface area contributed by atoms with Crippen molar-refractivity contribution in [3.8, 4) is 16.8 Å². The van der Waals surface area contributed by atoms with Crippen LogP contribution in [-0.4, -0.2) is 81.0 Å². The molecule has 1 aliphatic rings. The van der Waals surface area contributed by atoms with Crippen LogP contribution in [0.4, 0.5) is 11.4 Å². The van der Waals surface area contributed by atoms with Crippen LogP contribution >= 0.6 is 0 Å². The van der Waals surface area contributed by atoms with Crippen molar-refractivity contribution in [2.75, 3.05) is 70.0 Å². The minimum absolute atomic E-state index is 0.134. The standard InChI is InChI=1S/C32H39N5O4/c1-6-41-32(38)28-21-27(23-10-12-24(13-11-23)35(4)14-17-39-5)29-30(22(2)3)34-37(31(29)33-28)26-9-7-8-25(20-26)36-15-18-40-19-16-36/h7-13,20-22H,6,14-19H2,1-5H3. The molecule has 0 radical (unpaired) electrons. The van der Waals surface area contributed by atoms with Crippen LogP contribution in [0, 0.1) is 0 Å². The van der Waals surface area contributed by atoms with Crippen LogP contribution in [0.3, 0.4) is 0 Å². The molecule has 5 rings (SSSR count). The predicted octanol–water partition coefficient (Wildman–Crippen LogP) is 5.31. The van der Waals surface area contributed by atoms with Crippen molar-refractivity contribution in [3.05, 3.63) is 66.0 Å². The van der Waals surface area contributed by atoms with Crippen LogP contribution in [0.2, 0.25) is 0 Å². The van der Waals surface area contributed by atoms with Crippen LogP contribution in [0.25, 0.3) is 27.8 Å². The average Bonchev–Trinajstić information content (AvgIpc) is 3.40. The van der Waals surface area contributed by atoms with Gasteiger partial charge in [0.1, 0.15) is 0 Å². The summed E-state index contributed by atoms with van der Waals surface area (Å²) in [6, 6.07) is 18.5. The van der Waals surface area contributed by atoms with Gasteiger partial charge in [-0.1, -0.05) is 32.0 Å². The molecule has 0 unspecified atom stereocenters. The van der Waals surface area contributed by atoms with E-state index in [1.165, 1.54) is 0 Å². The number of benzene rings is 2. The summed E-state index contributed by atoms with van der Waals surface area (Å²) in [7, 11) is 3.75. The fraction of sp³-hybridized carbons (Fsp3) is 0.406. The van der Waals surface area contributed by atoms with E-state index < -0.39 is 5.97 Å². The molecule has 4 aromatic rings. The van der Waals surface area contributed by atoms with Gasteiger partial charge in [-0.15, -0.1) is 0 Å². The normalized spacial score (nSPS) is 13.7. The van der Waals surface area contributed by atoms with E-state index in [9.17, 15) is 4.79 Å². The van der Waals surface area contributed by atoms with Gasteiger partial charge in [0.2, 0.25) is 0 Å². The lowest BCUT2D eigenvalue weighted by atomic mass is 9.97. The van der Waals surface area contributed by atoms with Crippen LogP contribution < -0.4 is 9.80 Å². The van der Waals surface area contributed by atoms with E-state index in [1.54, 1.807) is 14.0 Å². The minimum Gasteiger partial charge on any atom is -0.461 e. The molecule has 0 bridgehead atoms. The molecule has 0 amide bonds. The minimum atomic E-state index is -0.451. The molecule has 9 heteroatoms. The number of fused-ring (bicyclic) bond motifs is 1. The highest BCUT2D eigenvalue weighted by Gasteiger charge is 2.24. The summed E-state index contributed by atoms with van der Waals surface area (Å²) in [5, 5.41) is 6.03. The number of carbonyl (C=O) groups is 1. The second-order valence-electron chi connectivity index (χ2n) is 10.5. The number of hydrogen-bond donors (Lipinski definition) is 0. The Balaban J connectivity index is 1.67. The summed E-state index contributed by atoms with van der Waals surface area (Å²) in [5.74, 6) is -0.317. The monoisotopic (exact) mass is 557 g/mol. The van der Waals surface area contributed by atoms with Crippen molar-refractivity contribution in [1.82, 2.24) is 14.8 Å². The average molecular weight is 558 g/mol. The molecule has 0 aliphatic carbocycles. The number of rotatable bonds is 10. The number of anilines is 2. The molecule has 0 spiro atoms. The van der Waals surface area contributed by atoms with Crippen molar-refractivity contribution in [2.24, 2.45) is 0 Å². The number of carbonyl (C=O) groups excluding carboxylic acids is 1. The number of ether oxygens (including phenoxy) is 3. The molecule has 2 aromatic carbocycles. The van der Waals surface area contributed by atoms with Gasteiger partial charge in [0.05, 0.1) is 43.2 Å². The summed E-state index contributed by atoms with van der Waals surface area (Å²) in [5.41, 5.74) is 6.79. The van der Waals surface area contributed by atoms with Gasteiger partial charge in [-0.25, -0.2) is 14.5 Å². The summed E-state index contributed by atoms with van der Waals surface area (Å²) in [4.78, 5) is 22.3. The van der Waals surface area contributed by atoms with E-state index in [-0.39, 0.29) is 18.2 Å². The molecular formula is C32H39N5O4. The lowest BCUT2D eigenvalue weighted by Gasteiger charge is -2.29. The zero-order valence-corrected chi connectivity index (χ0v) is 24.6. The molecule has 41 heavy (non-hydrogen) atoms. The Morgan fingerprint density at radius 3 is 2.49 bits per heavy atom. The molecule has 1 saturated heterocycles. The maximum atomic E-state index is 13.0. The molecule has 0 N–H and O–H groups in total. The number of likely N-dealkylation sites (N-methyl/N-ethyl adjacent to an activating group) is 1. The number of aromatic nitrogens is 3. The molecule has 0 saturated carbocycles. The van der Waals surface area contributed by atoms with E-state index in [2.05, 4.69) is 60.0 Å². The van der Waals surface area contributed by atoms with E-state index in [0.29, 0.717) is 25.5 Å². The quantitative estimate of drug-likeness (QED) is 0.243. The molecule has 9 nitrogen and oxygen atoms in total. The fourth-order valence-electron chi connectivity index (χ4n) is 5.16. The van der Waals surface area contributed by atoms with Crippen LogP contribution in [0.1, 0.15) is 42.9 Å². The lowest BCUT2D eigenvalue weighted by molar-refractivity contribution is 0.0520. The molecular weight excluding hydrogens is 518 g/mol. The predicted molar refractivity (Wildman–Crippen MR) is 163 cm³/mol. The van der Waals surface area contributed by atoms with Crippen LogP contribution in [-0.2, 0) is 14.2 Å². The Kier molecular flexibility index (Phi) is 8.85. The van der Waals surface area contributed by atoms with E-state index in [0.717, 1.165) is 58.9 Å². The van der Waals surface area contributed by atoms with Gasteiger partial charge in [-0.05, 0) is 60.4 Å². The highest BCUT2D eigenvalue weighted by atomic mass is 16.5. The Hall–Kier alpha value is -3.95. The first-order valence-corrected chi connectivity index (χ1v) is 14.3. The van der Waals surface area contributed by atoms with Gasteiger partial charge in [0, 0.05) is 45.2 Å². The van der Waals surface area contributed by atoms with Gasteiger partial charge in [-0.3, -0.25) is 0 Å². The second-order valence-corrected chi connectivity index (χ2v) is 10.5. The van der Waals surface area contributed by atoms with Gasteiger partial charge in [0.25, 0.3) is 0 Å². The second kappa shape index (κ2) is 12.7. The highest BCUT2D eigenvalue weighted by molar-refractivity contribution is 6.00. The summed E-state index contributed by atoms with van der Waals surface area (Å²) < 4.78 is 18.0. The third-order valence-corrected chi connectivity index (χ3v) is 7.40. The van der Waals surface area contributed by atoms with E-state index >= 15 is 0 Å². The number of methoxy groups -OCH3 is 1. The topological polar surface area (TPSA) is 82.0 Å². The van der Waals surface area contributed by atoms with Crippen molar-refractivity contribution < 1.29 is 19.0 Å². The zero-order chi connectivity index (χ0) is 28.9. The third-order valence-electron chi connectivity index (χ3n) is 7.40. The molecule has 2 aromatic heterocycles. The van der Waals surface area contributed by atoms with Crippen LogP contribution in [0.15, 0.2) is 54.6 Å². The number of nitrogens with zero attached hydrogens (tertiary/aromatic N) is 5. The van der Waals surface area contributed by atoms with Crippen molar-refractivity contribution in [3.63, 3.8) is 0 Å². The number of esters is 1. The molecule has 216 valence electrons. The zero-order valence-electron chi connectivity index (χ0n) is 24.6. The molecule has 3 heterocycles. The van der Waals surface area contributed by atoms with Crippen LogP contribution in [0.5, 0.6) is 0 Å². The highest BCUT2D eigenvalue weighted by Crippen LogP contribution is 2.36. The Bertz CT molecular complexity index is 1490. The lowest BCUT2D eigenvalue weighted by Crippen LogP contribution is -2.36. The van der Waals surface area contributed by atoms with Gasteiger partial charge >= 0.3 is 5.97 Å². The number of morpholine rings is 1. The maximum Gasteiger partial charge on any atom is 0.357 e. The molecule has 1 aliphatic heterocycles. The SMILES string of the molecule is CCOC(=O)c1cc(-c2ccc(N(C)CCOC)cc2)c2c(C(C)C)nn(-c3cccc(N4CCOCC4)c3)c2n1. The number of hydrogen-bond acceptors (Lipinski definition) is 8. The van der Waals surface area contributed by atoms with Crippen molar-refractivity contribution >= 4 is 28.4 Å². The third kappa shape index (κ3) is 6.06. The Morgan fingerprint density at radius 2 is 1.80 bits per heavy atom. The first kappa shape index (κ1) is 28.6. The Morgan fingerprint density at radius 1 is 1.07 bits per heavy atom. The summed E-state index contributed by atoms with van der Waals surface area (Å²) in [6.07, 6.45) is 0.